The number of anilines is 2. The number of hydrogen-bond acceptors (Lipinski definition) is 6. The molecule has 0 radical (unpaired) electrons. The molecule has 1 aromatic carbocycles. The van der Waals surface area contributed by atoms with Crippen molar-refractivity contribution >= 4 is 23.2 Å². The number of benzene rings is 1. The van der Waals surface area contributed by atoms with Gasteiger partial charge in [0, 0.05) is 32.8 Å². The molecule has 3 N–H and O–H groups in total. The number of nitrogens with zero attached hydrogens (tertiary/aromatic N) is 3. The Bertz CT molecular complexity index is 655. The first-order valence-corrected chi connectivity index (χ1v) is 8.48. The summed E-state index contributed by atoms with van der Waals surface area (Å²) in [6.07, 6.45) is 2.51. The van der Waals surface area contributed by atoms with E-state index in [-0.39, 0.29) is 11.9 Å². The highest BCUT2D eigenvalue weighted by Crippen LogP contribution is 2.23. The molecular formula is C17H22ClN5O. The van der Waals surface area contributed by atoms with E-state index in [9.17, 15) is 0 Å². The lowest BCUT2D eigenvalue weighted by Crippen LogP contribution is -2.35. The molecule has 0 bridgehead atoms. The van der Waals surface area contributed by atoms with Crippen LogP contribution in [0.25, 0.3) is 0 Å². The van der Waals surface area contributed by atoms with Crippen molar-refractivity contribution in [3.8, 4) is 0 Å². The topological polar surface area (TPSA) is 76.3 Å². The molecule has 7 heteroatoms. The lowest BCUT2D eigenvalue weighted by molar-refractivity contribution is 0.0625. The molecule has 3 rings (SSSR count). The molecule has 2 heterocycles. The van der Waals surface area contributed by atoms with Gasteiger partial charge in [0.05, 0.1) is 6.10 Å². The third kappa shape index (κ3) is 4.56. The highest BCUT2D eigenvalue weighted by molar-refractivity contribution is 6.35. The molecule has 128 valence electrons. The second-order valence-electron chi connectivity index (χ2n) is 5.87. The van der Waals surface area contributed by atoms with Crippen LogP contribution in [-0.2, 0) is 11.3 Å². The van der Waals surface area contributed by atoms with Crippen LogP contribution in [0.1, 0.15) is 12.0 Å². The minimum Gasteiger partial charge on any atom is -0.382 e. The standard InChI is InChI=1S/C17H22ClN5O/c18-15-16(19)21-12-22-17(15)20-9-14-11-23(7-4-8-24-14)10-13-5-2-1-3-6-13/h1-3,5-6,12,14H,4,7-11H2,(H3,19,20,21,22). The number of nitrogens with one attached hydrogen (secondary N) is 1. The molecule has 1 aliphatic rings. The summed E-state index contributed by atoms with van der Waals surface area (Å²) in [5.74, 6) is 0.827. The lowest BCUT2D eigenvalue weighted by atomic mass is 10.2. The van der Waals surface area contributed by atoms with E-state index in [0.717, 1.165) is 32.7 Å². The molecule has 0 spiro atoms. The van der Waals surface area contributed by atoms with E-state index in [1.807, 2.05) is 6.07 Å². The van der Waals surface area contributed by atoms with Gasteiger partial charge in [0.1, 0.15) is 17.2 Å². The summed E-state index contributed by atoms with van der Waals surface area (Å²) in [6, 6.07) is 10.5. The molecule has 1 aliphatic heterocycles. The van der Waals surface area contributed by atoms with Crippen LogP contribution in [0.3, 0.4) is 0 Å². The lowest BCUT2D eigenvalue weighted by Gasteiger charge is -2.24. The first-order chi connectivity index (χ1) is 11.7. The fourth-order valence-corrected chi connectivity index (χ4v) is 2.96. The molecule has 0 saturated carbocycles. The maximum atomic E-state index is 6.12. The number of rotatable bonds is 5. The fourth-order valence-electron chi connectivity index (χ4n) is 2.80. The Balaban J connectivity index is 1.57. The summed E-state index contributed by atoms with van der Waals surface area (Å²) < 4.78 is 5.94. The van der Waals surface area contributed by atoms with E-state index in [1.54, 1.807) is 0 Å². The Morgan fingerprint density at radius 1 is 1.29 bits per heavy atom. The smallest absolute Gasteiger partial charge is 0.150 e. The minimum atomic E-state index is 0.0727. The van der Waals surface area contributed by atoms with E-state index >= 15 is 0 Å². The van der Waals surface area contributed by atoms with Gasteiger partial charge in [-0.25, -0.2) is 9.97 Å². The average molecular weight is 348 g/mol. The summed E-state index contributed by atoms with van der Waals surface area (Å²) >= 11 is 6.12. The predicted molar refractivity (Wildman–Crippen MR) is 96.0 cm³/mol. The summed E-state index contributed by atoms with van der Waals surface area (Å²) in [5.41, 5.74) is 7.02. The van der Waals surface area contributed by atoms with Crippen molar-refractivity contribution in [3.05, 3.63) is 47.2 Å². The highest BCUT2D eigenvalue weighted by atomic mass is 35.5. The maximum Gasteiger partial charge on any atom is 0.150 e. The number of nitrogens with two attached hydrogens (primary N) is 1. The molecule has 0 aliphatic carbocycles. The van der Waals surface area contributed by atoms with Crippen LogP contribution in [0.5, 0.6) is 0 Å². The van der Waals surface area contributed by atoms with Crippen molar-refractivity contribution in [2.75, 3.05) is 37.3 Å². The first-order valence-electron chi connectivity index (χ1n) is 8.10. The van der Waals surface area contributed by atoms with E-state index in [2.05, 4.69) is 44.5 Å². The molecule has 0 amide bonds. The van der Waals surface area contributed by atoms with Gasteiger partial charge in [-0.3, -0.25) is 4.90 Å². The molecule has 1 saturated heterocycles. The summed E-state index contributed by atoms with van der Waals surface area (Å²) in [5, 5.41) is 3.57. The Kier molecular flexibility index (Phi) is 5.85. The van der Waals surface area contributed by atoms with Crippen LogP contribution in [0, 0.1) is 0 Å². The quantitative estimate of drug-likeness (QED) is 0.865. The van der Waals surface area contributed by atoms with Crippen LogP contribution in [0.4, 0.5) is 11.6 Å². The van der Waals surface area contributed by atoms with Gasteiger partial charge in [0.15, 0.2) is 5.82 Å². The zero-order valence-electron chi connectivity index (χ0n) is 13.5. The van der Waals surface area contributed by atoms with E-state index < -0.39 is 0 Å². The summed E-state index contributed by atoms with van der Waals surface area (Å²) in [6.45, 7) is 4.22. The zero-order chi connectivity index (χ0) is 16.8. The zero-order valence-corrected chi connectivity index (χ0v) is 14.2. The second kappa shape index (κ2) is 8.28. The predicted octanol–water partition coefficient (Wildman–Crippen LogP) is 2.42. The van der Waals surface area contributed by atoms with E-state index in [4.69, 9.17) is 22.1 Å². The molecule has 1 unspecified atom stereocenters. The minimum absolute atomic E-state index is 0.0727. The van der Waals surface area contributed by atoms with Gasteiger partial charge in [-0.05, 0) is 12.0 Å². The normalized spacial score (nSPS) is 19.0. The second-order valence-corrected chi connectivity index (χ2v) is 6.25. The van der Waals surface area contributed by atoms with Gasteiger partial charge < -0.3 is 15.8 Å². The monoisotopic (exact) mass is 347 g/mol. The van der Waals surface area contributed by atoms with E-state index in [0.29, 0.717) is 17.4 Å². The first kappa shape index (κ1) is 17.0. The van der Waals surface area contributed by atoms with Crippen LogP contribution in [0.2, 0.25) is 5.02 Å². The van der Waals surface area contributed by atoms with Crippen molar-refractivity contribution in [1.82, 2.24) is 14.9 Å². The Hall–Kier alpha value is -1.89. The van der Waals surface area contributed by atoms with Crippen molar-refractivity contribution in [2.45, 2.75) is 19.1 Å². The molecule has 1 atom stereocenters. The fraction of sp³-hybridized carbons (Fsp3) is 0.412. The van der Waals surface area contributed by atoms with Gasteiger partial charge in [-0.2, -0.15) is 0 Å². The molecule has 24 heavy (non-hydrogen) atoms. The van der Waals surface area contributed by atoms with Crippen LogP contribution < -0.4 is 11.1 Å². The van der Waals surface area contributed by atoms with Gasteiger partial charge in [-0.1, -0.05) is 41.9 Å². The Labute approximate surface area is 147 Å². The van der Waals surface area contributed by atoms with Gasteiger partial charge >= 0.3 is 0 Å². The van der Waals surface area contributed by atoms with Gasteiger partial charge in [-0.15, -0.1) is 0 Å². The Morgan fingerprint density at radius 3 is 2.96 bits per heavy atom. The van der Waals surface area contributed by atoms with Gasteiger partial charge in [0.2, 0.25) is 0 Å². The number of hydrogen-bond donors (Lipinski definition) is 2. The average Bonchev–Trinajstić information content (AvgIpc) is 2.82. The Morgan fingerprint density at radius 2 is 2.12 bits per heavy atom. The number of nitrogen functional groups attached to an aromatic ring is 1. The SMILES string of the molecule is Nc1ncnc(NCC2CN(Cc3ccccc3)CCCO2)c1Cl. The van der Waals surface area contributed by atoms with Gasteiger partial charge in [0.25, 0.3) is 0 Å². The molecular weight excluding hydrogens is 326 g/mol. The van der Waals surface area contributed by atoms with Crippen molar-refractivity contribution in [3.63, 3.8) is 0 Å². The molecule has 6 nitrogen and oxygen atoms in total. The van der Waals surface area contributed by atoms with Crippen molar-refractivity contribution < 1.29 is 4.74 Å². The van der Waals surface area contributed by atoms with Crippen molar-refractivity contribution in [1.29, 1.82) is 0 Å². The van der Waals surface area contributed by atoms with Crippen LogP contribution in [-0.4, -0.2) is 47.2 Å². The largest absolute Gasteiger partial charge is 0.382 e. The van der Waals surface area contributed by atoms with Crippen LogP contribution >= 0.6 is 11.6 Å². The van der Waals surface area contributed by atoms with Crippen molar-refractivity contribution in [2.24, 2.45) is 0 Å². The summed E-state index contributed by atoms with van der Waals surface area (Å²) in [7, 11) is 0. The number of aromatic nitrogens is 2. The number of halogens is 1. The molecule has 2 aromatic rings. The third-order valence-corrected chi connectivity index (χ3v) is 4.37. The summed E-state index contributed by atoms with van der Waals surface area (Å²) in [4.78, 5) is 10.4. The third-order valence-electron chi connectivity index (χ3n) is 4.00. The highest BCUT2D eigenvalue weighted by Gasteiger charge is 2.19. The maximum absolute atomic E-state index is 6.12. The van der Waals surface area contributed by atoms with Crippen LogP contribution in [0.15, 0.2) is 36.7 Å². The molecule has 1 fully saturated rings. The number of ether oxygens (including phenoxy) is 1. The van der Waals surface area contributed by atoms with E-state index in [1.165, 1.54) is 11.9 Å². The molecule has 1 aromatic heterocycles.